The van der Waals surface area contributed by atoms with E-state index in [1.54, 1.807) is 0 Å². The molecule has 1 aliphatic rings. The third-order valence-electron chi connectivity index (χ3n) is 3.24. The van der Waals surface area contributed by atoms with Crippen LogP contribution in [0, 0.1) is 6.92 Å². The maximum Gasteiger partial charge on any atom is 0.178 e. The largest absolute Gasteiger partial charge is 0.315 e. The van der Waals surface area contributed by atoms with Crippen molar-refractivity contribution in [2.45, 2.75) is 32.2 Å². The minimum atomic E-state index is 0.658. The highest BCUT2D eigenvalue weighted by Crippen LogP contribution is 2.37. The lowest BCUT2D eigenvalue weighted by Gasteiger charge is -2.28. The summed E-state index contributed by atoms with van der Waals surface area (Å²) in [4.78, 5) is 4.54. The Morgan fingerprint density at radius 2 is 2.20 bits per heavy atom. The van der Waals surface area contributed by atoms with Gasteiger partial charge in [0, 0.05) is 6.04 Å². The molecule has 0 spiro atoms. The average molecular weight is 265 g/mol. The number of imidazole rings is 1. The molecule has 3 rings (SSSR count). The first-order valence-corrected chi connectivity index (χ1v) is 6.19. The van der Waals surface area contributed by atoms with Gasteiger partial charge in [0.2, 0.25) is 0 Å². The summed E-state index contributed by atoms with van der Waals surface area (Å²) in [5.41, 5.74) is 3.67. The molecule has 0 amide bonds. The standard InChI is InChI=1S/C12H13BrN2/c1-8-5-6-10-11(7-8)15(12(13)14-10)9-3-2-4-9/h5-7,9H,2-4H2,1H3. The molecule has 1 fully saturated rings. The summed E-state index contributed by atoms with van der Waals surface area (Å²) in [6, 6.07) is 7.11. The Morgan fingerprint density at radius 1 is 1.40 bits per heavy atom. The van der Waals surface area contributed by atoms with Crippen molar-refractivity contribution >= 4 is 27.0 Å². The number of halogens is 1. The van der Waals surface area contributed by atoms with Gasteiger partial charge in [0.25, 0.3) is 0 Å². The van der Waals surface area contributed by atoms with E-state index in [0.29, 0.717) is 6.04 Å². The maximum atomic E-state index is 4.54. The average Bonchev–Trinajstić information content (AvgIpc) is 2.42. The fourth-order valence-corrected chi connectivity index (χ4v) is 2.84. The Hall–Kier alpha value is -0.830. The third-order valence-corrected chi connectivity index (χ3v) is 3.80. The van der Waals surface area contributed by atoms with Gasteiger partial charge < -0.3 is 4.57 Å². The number of aromatic nitrogens is 2. The number of nitrogens with zero attached hydrogens (tertiary/aromatic N) is 2. The molecule has 0 radical (unpaired) electrons. The van der Waals surface area contributed by atoms with Crippen LogP contribution >= 0.6 is 15.9 Å². The van der Waals surface area contributed by atoms with Crippen LogP contribution in [0.4, 0.5) is 0 Å². The first-order chi connectivity index (χ1) is 7.25. The van der Waals surface area contributed by atoms with Crippen molar-refractivity contribution in [3.63, 3.8) is 0 Å². The number of rotatable bonds is 1. The summed E-state index contributed by atoms with van der Waals surface area (Å²) in [5.74, 6) is 0. The minimum Gasteiger partial charge on any atom is -0.315 e. The summed E-state index contributed by atoms with van der Waals surface area (Å²) >= 11 is 3.56. The van der Waals surface area contributed by atoms with Gasteiger partial charge in [-0.1, -0.05) is 6.07 Å². The smallest absolute Gasteiger partial charge is 0.178 e. The first kappa shape index (κ1) is 9.40. The lowest BCUT2D eigenvalue weighted by molar-refractivity contribution is 0.316. The van der Waals surface area contributed by atoms with Crippen LogP contribution < -0.4 is 0 Å². The van der Waals surface area contributed by atoms with Crippen LogP contribution in [0.3, 0.4) is 0 Å². The van der Waals surface area contributed by atoms with E-state index in [1.165, 1.54) is 30.3 Å². The first-order valence-electron chi connectivity index (χ1n) is 5.40. The van der Waals surface area contributed by atoms with E-state index in [0.717, 1.165) is 10.3 Å². The van der Waals surface area contributed by atoms with Crippen molar-refractivity contribution in [3.8, 4) is 0 Å². The quantitative estimate of drug-likeness (QED) is 0.766. The Kier molecular flexibility index (Phi) is 2.09. The summed E-state index contributed by atoms with van der Waals surface area (Å²) < 4.78 is 3.32. The van der Waals surface area contributed by atoms with Crippen molar-refractivity contribution < 1.29 is 0 Å². The molecule has 0 saturated heterocycles. The van der Waals surface area contributed by atoms with Crippen LogP contribution in [0.5, 0.6) is 0 Å². The highest BCUT2D eigenvalue weighted by molar-refractivity contribution is 9.10. The molecule has 0 bridgehead atoms. The van der Waals surface area contributed by atoms with Crippen molar-refractivity contribution in [2.24, 2.45) is 0 Å². The van der Waals surface area contributed by atoms with E-state index in [2.05, 4.69) is 50.6 Å². The number of benzene rings is 1. The molecule has 78 valence electrons. The predicted octanol–water partition coefficient (Wildman–Crippen LogP) is 3.83. The zero-order valence-corrected chi connectivity index (χ0v) is 10.3. The Labute approximate surface area is 97.4 Å². The zero-order valence-electron chi connectivity index (χ0n) is 8.70. The predicted molar refractivity (Wildman–Crippen MR) is 65.1 cm³/mol. The molecule has 2 nitrogen and oxygen atoms in total. The summed E-state index contributed by atoms with van der Waals surface area (Å²) in [7, 11) is 0. The van der Waals surface area contributed by atoms with Gasteiger partial charge in [-0.15, -0.1) is 0 Å². The molecule has 1 heterocycles. The van der Waals surface area contributed by atoms with Gasteiger partial charge in [0.1, 0.15) is 0 Å². The summed E-state index contributed by atoms with van der Waals surface area (Å²) in [6.07, 6.45) is 3.93. The molecule has 1 saturated carbocycles. The second-order valence-corrected chi connectivity index (χ2v) is 5.04. The number of fused-ring (bicyclic) bond motifs is 1. The van der Waals surface area contributed by atoms with Crippen molar-refractivity contribution in [1.82, 2.24) is 9.55 Å². The van der Waals surface area contributed by atoms with Crippen LogP contribution in [0.2, 0.25) is 0 Å². The monoisotopic (exact) mass is 264 g/mol. The van der Waals surface area contributed by atoms with Gasteiger partial charge in [0.15, 0.2) is 4.73 Å². The van der Waals surface area contributed by atoms with E-state index in [9.17, 15) is 0 Å². The molecule has 0 unspecified atom stereocenters. The summed E-state index contributed by atoms with van der Waals surface area (Å²) in [5, 5.41) is 0. The van der Waals surface area contributed by atoms with Gasteiger partial charge in [-0.2, -0.15) is 0 Å². The molecule has 1 aliphatic carbocycles. The third kappa shape index (κ3) is 1.41. The second-order valence-electron chi connectivity index (χ2n) is 4.33. The van der Waals surface area contributed by atoms with Gasteiger partial charge in [0.05, 0.1) is 11.0 Å². The van der Waals surface area contributed by atoms with Gasteiger partial charge >= 0.3 is 0 Å². The van der Waals surface area contributed by atoms with Crippen LogP contribution in [-0.2, 0) is 0 Å². The van der Waals surface area contributed by atoms with Gasteiger partial charge in [-0.05, 0) is 59.8 Å². The van der Waals surface area contributed by atoms with E-state index in [4.69, 9.17) is 0 Å². The van der Waals surface area contributed by atoms with Crippen molar-refractivity contribution in [3.05, 3.63) is 28.5 Å². The number of hydrogen-bond donors (Lipinski definition) is 0. The normalized spacial score (nSPS) is 16.9. The second kappa shape index (κ2) is 3.34. The Bertz CT molecular complexity index is 512. The zero-order chi connectivity index (χ0) is 10.4. The number of aryl methyl sites for hydroxylation is 1. The van der Waals surface area contributed by atoms with Crippen LogP contribution in [-0.4, -0.2) is 9.55 Å². The topological polar surface area (TPSA) is 17.8 Å². The molecule has 1 aromatic carbocycles. The molecular weight excluding hydrogens is 252 g/mol. The molecule has 0 aliphatic heterocycles. The van der Waals surface area contributed by atoms with Crippen LogP contribution in [0.15, 0.2) is 22.9 Å². The van der Waals surface area contributed by atoms with E-state index >= 15 is 0 Å². The highest BCUT2D eigenvalue weighted by atomic mass is 79.9. The minimum absolute atomic E-state index is 0.658. The van der Waals surface area contributed by atoms with Gasteiger partial charge in [-0.25, -0.2) is 4.98 Å². The Morgan fingerprint density at radius 3 is 2.87 bits per heavy atom. The Balaban J connectivity index is 2.25. The fourth-order valence-electron chi connectivity index (χ4n) is 2.17. The lowest BCUT2D eigenvalue weighted by Crippen LogP contribution is -2.16. The fraction of sp³-hybridized carbons (Fsp3) is 0.417. The highest BCUT2D eigenvalue weighted by Gasteiger charge is 2.23. The number of hydrogen-bond acceptors (Lipinski definition) is 1. The van der Waals surface area contributed by atoms with Gasteiger partial charge in [-0.3, -0.25) is 0 Å². The SMILES string of the molecule is Cc1ccc2nc(Br)n(C3CCC3)c2c1. The van der Waals surface area contributed by atoms with Crippen LogP contribution in [0.25, 0.3) is 11.0 Å². The molecular formula is C12H13BrN2. The molecule has 1 aromatic heterocycles. The molecule has 2 aromatic rings. The van der Waals surface area contributed by atoms with Crippen molar-refractivity contribution in [2.75, 3.05) is 0 Å². The lowest BCUT2D eigenvalue weighted by atomic mass is 9.93. The van der Waals surface area contributed by atoms with Crippen molar-refractivity contribution in [1.29, 1.82) is 0 Å². The molecule has 0 N–H and O–H groups in total. The molecule has 15 heavy (non-hydrogen) atoms. The summed E-state index contributed by atoms with van der Waals surface area (Å²) in [6.45, 7) is 2.13. The molecule has 0 atom stereocenters. The maximum absolute atomic E-state index is 4.54. The van der Waals surface area contributed by atoms with E-state index in [-0.39, 0.29) is 0 Å². The molecule has 3 heteroatoms. The van der Waals surface area contributed by atoms with E-state index < -0.39 is 0 Å². The van der Waals surface area contributed by atoms with Crippen LogP contribution in [0.1, 0.15) is 30.9 Å². The van der Waals surface area contributed by atoms with E-state index in [1.807, 2.05) is 0 Å².